The molecule has 0 fully saturated rings. The zero-order chi connectivity index (χ0) is 13.0. The van der Waals surface area contributed by atoms with Crippen molar-refractivity contribution < 1.29 is 34.4 Å². The Balaban J connectivity index is 4.17. The molecule has 0 rings (SSSR count). The summed E-state index contributed by atoms with van der Waals surface area (Å²) < 4.78 is 82.9. The van der Waals surface area contributed by atoms with E-state index in [2.05, 4.69) is 0 Å². The van der Waals surface area contributed by atoms with E-state index in [1.165, 1.54) is 0 Å². The van der Waals surface area contributed by atoms with Gasteiger partial charge in [0, 0.05) is 11.5 Å². The standard InChI is InChI=1S/C4H10O8S4/c5-13(1-3-15(7,8)9)14(6)2-4-16(10,11)12/h1-4H2,(H,7,8,9)(H,10,11,12)/p-2. The second-order valence-corrected chi connectivity index (χ2v) is 9.85. The van der Waals surface area contributed by atoms with Crippen molar-refractivity contribution in [1.82, 2.24) is 0 Å². The molecule has 0 heterocycles. The van der Waals surface area contributed by atoms with Crippen molar-refractivity contribution in [3.63, 3.8) is 0 Å². The highest BCUT2D eigenvalue weighted by Crippen LogP contribution is 1.96. The van der Waals surface area contributed by atoms with E-state index in [9.17, 15) is 34.4 Å². The lowest BCUT2D eigenvalue weighted by atomic mass is 11.0. The Kier molecular flexibility index (Phi) is 6.21. The van der Waals surface area contributed by atoms with Gasteiger partial charge in [-0.05, 0) is 0 Å². The van der Waals surface area contributed by atoms with E-state index in [4.69, 9.17) is 0 Å². The minimum absolute atomic E-state index is 0.642. The highest BCUT2D eigenvalue weighted by molar-refractivity contribution is 8.61. The van der Waals surface area contributed by atoms with Gasteiger partial charge < -0.3 is 9.11 Å². The van der Waals surface area contributed by atoms with Crippen LogP contribution in [-0.2, 0) is 39.9 Å². The van der Waals surface area contributed by atoms with Gasteiger partial charge in [0.1, 0.15) is 19.7 Å². The molecule has 0 aliphatic rings. The van der Waals surface area contributed by atoms with Gasteiger partial charge in [-0.15, -0.1) is 0 Å². The Morgan fingerprint density at radius 2 is 1.00 bits per heavy atom. The first kappa shape index (κ1) is 16.1. The summed E-state index contributed by atoms with van der Waals surface area (Å²) in [5.41, 5.74) is 0. The lowest BCUT2D eigenvalue weighted by Gasteiger charge is -2.07. The van der Waals surface area contributed by atoms with E-state index in [0.717, 1.165) is 0 Å². The van der Waals surface area contributed by atoms with Gasteiger partial charge >= 0.3 is 0 Å². The van der Waals surface area contributed by atoms with Crippen molar-refractivity contribution in [2.75, 3.05) is 23.0 Å². The normalized spacial score (nSPS) is 16.9. The first-order valence-corrected chi connectivity index (χ1v) is 9.96. The van der Waals surface area contributed by atoms with Crippen molar-refractivity contribution in [1.29, 1.82) is 0 Å². The average molecular weight is 312 g/mol. The van der Waals surface area contributed by atoms with Gasteiger partial charge in [0.15, 0.2) is 0 Å². The van der Waals surface area contributed by atoms with E-state index in [0.29, 0.717) is 0 Å². The Labute approximate surface area is 97.2 Å². The second kappa shape index (κ2) is 6.16. The molecule has 0 radical (unpaired) electrons. The van der Waals surface area contributed by atoms with Crippen LogP contribution in [0.2, 0.25) is 0 Å². The molecular formula is C4H8O8S4-2. The smallest absolute Gasteiger partial charge is 0.111 e. The van der Waals surface area contributed by atoms with Crippen LogP contribution in [0.3, 0.4) is 0 Å². The molecule has 0 aromatic rings. The van der Waals surface area contributed by atoms with Crippen molar-refractivity contribution in [3.05, 3.63) is 0 Å². The maximum Gasteiger partial charge on any atom is 0.111 e. The number of hydrogen-bond donors (Lipinski definition) is 0. The molecular weight excluding hydrogens is 304 g/mol. The minimum atomic E-state index is -4.55. The first-order chi connectivity index (χ1) is 7.01. The van der Waals surface area contributed by atoms with Crippen molar-refractivity contribution in [3.8, 4) is 0 Å². The zero-order valence-electron chi connectivity index (χ0n) is 7.73. The van der Waals surface area contributed by atoms with Crippen LogP contribution < -0.4 is 0 Å². The van der Waals surface area contributed by atoms with Gasteiger partial charge in [0.2, 0.25) is 0 Å². The quantitative estimate of drug-likeness (QED) is 0.369. The van der Waals surface area contributed by atoms with Crippen molar-refractivity contribution in [2.45, 2.75) is 0 Å². The van der Waals surface area contributed by atoms with Crippen LogP contribution in [0, 0.1) is 0 Å². The molecule has 8 nitrogen and oxygen atoms in total. The van der Waals surface area contributed by atoms with Crippen LogP contribution in [-0.4, -0.2) is 57.4 Å². The molecule has 0 spiro atoms. The Bertz CT molecular complexity index is 426. The predicted molar refractivity (Wildman–Crippen MR) is 55.1 cm³/mol. The molecule has 0 aliphatic heterocycles. The van der Waals surface area contributed by atoms with Crippen LogP contribution in [0.25, 0.3) is 0 Å². The minimum Gasteiger partial charge on any atom is -0.748 e. The number of rotatable bonds is 7. The van der Waals surface area contributed by atoms with Gasteiger partial charge in [0.25, 0.3) is 0 Å². The van der Waals surface area contributed by atoms with E-state index >= 15 is 0 Å². The van der Waals surface area contributed by atoms with Crippen LogP contribution in [0.5, 0.6) is 0 Å². The molecule has 2 unspecified atom stereocenters. The summed E-state index contributed by atoms with van der Waals surface area (Å²) in [5, 5.41) is 0. The average Bonchev–Trinajstić information content (AvgIpc) is 2.07. The summed E-state index contributed by atoms with van der Waals surface area (Å²) in [6.45, 7) is 0. The van der Waals surface area contributed by atoms with Gasteiger partial charge in [0.05, 0.1) is 31.7 Å². The maximum absolute atomic E-state index is 11.0. The summed E-state index contributed by atoms with van der Waals surface area (Å²) in [7, 11) is -13.4. The molecule has 0 amide bonds. The van der Waals surface area contributed by atoms with Crippen LogP contribution in [0.1, 0.15) is 0 Å². The molecule has 12 heteroatoms. The van der Waals surface area contributed by atoms with Crippen molar-refractivity contribution >= 4 is 39.9 Å². The molecule has 2 atom stereocenters. The van der Waals surface area contributed by atoms with Crippen LogP contribution in [0.15, 0.2) is 0 Å². The third-order valence-electron chi connectivity index (χ3n) is 1.21. The zero-order valence-corrected chi connectivity index (χ0v) is 11.0. The molecule has 16 heavy (non-hydrogen) atoms. The Morgan fingerprint density at radius 3 is 1.19 bits per heavy atom. The lowest BCUT2D eigenvalue weighted by molar-refractivity contribution is 0.462. The molecule has 0 bridgehead atoms. The van der Waals surface area contributed by atoms with E-state index in [1.807, 2.05) is 0 Å². The summed E-state index contributed by atoms with van der Waals surface area (Å²) in [6, 6.07) is 0. The fourth-order valence-corrected chi connectivity index (χ4v) is 5.96. The summed E-state index contributed by atoms with van der Waals surface area (Å²) in [4.78, 5) is 0. The molecule has 0 aromatic heterocycles. The third-order valence-corrected chi connectivity index (χ3v) is 6.87. The highest BCUT2D eigenvalue weighted by Gasteiger charge is 2.12. The fraction of sp³-hybridized carbons (Fsp3) is 1.00. The second-order valence-electron chi connectivity index (χ2n) is 2.54. The van der Waals surface area contributed by atoms with Crippen LogP contribution >= 0.6 is 0 Å². The molecule has 0 aliphatic carbocycles. The summed E-state index contributed by atoms with van der Waals surface area (Å²) >= 11 is 0. The number of hydrogen-bond acceptors (Lipinski definition) is 8. The molecule has 0 saturated heterocycles. The first-order valence-electron chi connectivity index (χ1n) is 3.65. The Morgan fingerprint density at radius 1 is 0.750 bits per heavy atom. The predicted octanol–water partition coefficient (Wildman–Crippen LogP) is -2.51. The molecule has 98 valence electrons. The van der Waals surface area contributed by atoms with Gasteiger partial charge in [-0.25, -0.2) is 25.3 Å². The van der Waals surface area contributed by atoms with E-state index in [1.54, 1.807) is 0 Å². The molecule has 0 saturated carbocycles. The van der Waals surface area contributed by atoms with Gasteiger partial charge in [-0.1, -0.05) is 0 Å². The summed E-state index contributed by atoms with van der Waals surface area (Å²) in [5.74, 6) is -3.18. The lowest BCUT2D eigenvalue weighted by Crippen LogP contribution is -2.19. The SMILES string of the molecule is O=S(CCS(=O)(=O)[O-])S(=O)CCS(=O)(=O)[O-]. The molecule has 0 aromatic carbocycles. The van der Waals surface area contributed by atoms with Gasteiger partial charge in [-0.3, -0.25) is 0 Å². The maximum atomic E-state index is 11.0. The fourth-order valence-electron chi connectivity index (χ4n) is 0.526. The Hall–Kier alpha value is 0.120. The topological polar surface area (TPSA) is 149 Å². The van der Waals surface area contributed by atoms with Crippen LogP contribution in [0.4, 0.5) is 0 Å². The van der Waals surface area contributed by atoms with E-state index < -0.39 is 62.9 Å². The van der Waals surface area contributed by atoms with E-state index in [-0.39, 0.29) is 0 Å². The highest BCUT2D eigenvalue weighted by atomic mass is 33.1. The van der Waals surface area contributed by atoms with Crippen molar-refractivity contribution in [2.24, 2.45) is 0 Å². The van der Waals surface area contributed by atoms with Gasteiger partial charge in [-0.2, -0.15) is 0 Å². The largest absolute Gasteiger partial charge is 0.748 e. The summed E-state index contributed by atoms with van der Waals surface area (Å²) in [6.07, 6.45) is 0. The molecule has 0 N–H and O–H groups in total. The third kappa shape index (κ3) is 9.35. The monoisotopic (exact) mass is 312 g/mol.